The summed E-state index contributed by atoms with van der Waals surface area (Å²) in [4.78, 5) is 5.60. The van der Waals surface area contributed by atoms with Gasteiger partial charge in [-0.2, -0.15) is 13.2 Å². The first-order valence-electron chi connectivity index (χ1n) is 5.91. The van der Waals surface area contributed by atoms with Gasteiger partial charge in [0.25, 0.3) is 0 Å². The van der Waals surface area contributed by atoms with Crippen molar-refractivity contribution >= 4 is 5.82 Å². The molecule has 1 aliphatic heterocycles. The summed E-state index contributed by atoms with van der Waals surface area (Å²) in [6, 6.07) is 4.51. The van der Waals surface area contributed by atoms with Crippen molar-refractivity contribution in [2.45, 2.75) is 32.1 Å². The molecule has 6 heteroatoms. The quantitative estimate of drug-likeness (QED) is 0.838. The Morgan fingerprint density at radius 2 is 1.83 bits per heavy atom. The van der Waals surface area contributed by atoms with E-state index in [9.17, 15) is 13.2 Å². The molecule has 3 nitrogen and oxygen atoms in total. The molecule has 0 saturated carbocycles. The van der Waals surface area contributed by atoms with Gasteiger partial charge in [-0.1, -0.05) is 6.07 Å². The molecule has 0 aromatic carbocycles. The lowest BCUT2D eigenvalue weighted by Gasteiger charge is -2.37. The SMILES string of the molecule is C[C@@H]1CN(c2cccc(C(F)(F)F)n2)C[C@H](C)N1. The lowest BCUT2D eigenvalue weighted by molar-refractivity contribution is -0.141. The van der Waals surface area contributed by atoms with Gasteiger partial charge in [-0.15, -0.1) is 0 Å². The maximum absolute atomic E-state index is 12.6. The van der Waals surface area contributed by atoms with Crippen LogP contribution in [0.1, 0.15) is 19.5 Å². The minimum Gasteiger partial charge on any atom is -0.354 e. The van der Waals surface area contributed by atoms with Crippen LogP contribution in [0.3, 0.4) is 0 Å². The van der Waals surface area contributed by atoms with Crippen LogP contribution in [0.15, 0.2) is 18.2 Å². The Labute approximate surface area is 104 Å². The fourth-order valence-corrected chi connectivity index (χ4v) is 2.27. The second-order valence-corrected chi connectivity index (χ2v) is 4.75. The Balaban J connectivity index is 2.23. The van der Waals surface area contributed by atoms with Gasteiger partial charge < -0.3 is 10.2 Å². The lowest BCUT2D eigenvalue weighted by Crippen LogP contribution is -2.54. The maximum Gasteiger partial charge on any atom is 0.433 e. The van der Waals surface area contributed by atoms with Crippen molar-refractivity contribution in [1.82, 2.24) is 10.3 Å². The molecule has 18 heavy (non-hydrogen) atoms. The van der Waals surface area contributed by atoms with Crippen LogP contribution in [0.2, 0.25) is 0 Å². The van der Waals surface area contributed by atoms with Crippen LogP contribution in [0.5, 0.6) is 0 Å². The molecule has 0 unspecified atom stereocenters. The summed E-state index contributed by atoms with van der Waals surface area (Å²) in [5.41, 5.74) is -0.834. The molecule has 0 aliphatic carbocycles. The molecule has 2 heterocycles. The van der Waals surface area contributed by atoms with Crippen molar-refractivity contribution in [1.29, 1.82) is 0 Å². The largest absolute Gasteiger partial charge is 0.433 e. The normalized spacial score (nSPS) is 25.3. The summed E-state index contributed by atoms with van der Waals surface area (Å²) in [5, 5.41) is 3.33. The van der Waals surface area contributed by atoms with Gasteiger partial charge in [-0.25, -0.2) is 4.98 Å². The number of pyridine rings is 1. The number of rotatable bonds is 1. The Hall–Kier alpha value is -1.30. The van der Waals surface area contributed by atoms with E-state index in [0.717, 1.165) is 6.07 Å². The molecule has 1 aromatic heterocycles. The van der Waals surface area contributed by atoms with Crippen LogP contribution in [0.25, 0.3) is 0 Å². The zero-order valence-electron chi connectivity index (χ0n) is 10.3. The molecule has 1 aliphatic rings. The summed E-state index contributed by atoms with van der Waals surface area (Å²) in [5.74, 6) is 0.394. The van der Waals surface area contributed by atoms with E-state index in [2.05, 4.69) is 10.3 Å². The molecule has 0 spiro atoms. The number of aromatic nitrogens is 1. The number of nitrogens with one attached hydrogen (secondary N) is 1. The van der Waals surface area contributed by atoms with E-state index in [1.165, 1.54) is 6.07 Å². The summed E-state index contributed by atoms with van der Waals surface area (Å²) < 4.78 is 37.8. The van der Waals surface area contributed by atoms with Crippen molar-refractivity contribution in [3.63, 3.8) is 0 Å². The highest BCUT2D eigenvalue weighted by atomic mass is 19.4. The van der Waals surface area contributed by atoms with Gasteiger partial charge in [-0.3, -0.25) is 0 Å². The number of anilines is 1. The second-order valence-electron chi connectivity index (χ2n) is 4.75. The molecule has 2 rings (SSSR count). The standard InChI is InChI=1S/C12H16F3N3/c1-8-6-18(7-9(2)16-8)11-5-3-4-10(17-11)12(13,14)15/h3-5,8-9,16H,6-7H2,1-2H3/t8-,9+. The van der Waals surface area contributed by atoms with Gasteiger partial charge in [-0.05, 0) is 26.0 Å². The lowest BCUT2D eigenvalue weighted by atomic mass is 10.1. The third kappa shape index (κ3) is 2.93. The highest BCUT2D eigenvalue weighted by Crippen LogP contribution is 2.29. The maximum atomic E-state index is 12.6. The molecule has 0 amide bonds. The molecular formula is C12H16F3N3. The minimum atomic E-state index is -4.39. The van der Waals surface area contributed by atoms with E-state index in [0.29, 0.717) is 18.9 Å². The second kappa shape index (κ2) is 4.76. The van der Waals surface area contributed by atoms with Crippen LogP contribution in [-0.2, 0) is 6.18 Å². The van der Waals surface area contributed by atoms with E-state index < -0.39 is 11.9 Å². The number of alkyl halides is 3. The molecule has 100 valence electrons. The van der Waals surface area contributed by atoms with Crippen LogP contribution >= 0.6 is 0 Å². The van der Waals surface area contributed by atoms with Crippen molar-refractivity contribution < 1.29 is 13.2 Å². The van der Waals surface area contributed by atoms with Crippen LogP contribution in [0, 0.1) is 0 Å². The number of hydrogen-bond acceptors (Lipinski definition) is 3. The van der Waals surface area contributed by atoms with Crippen LogP contribution in [0.4, 0.5) is 19.0 Å². The zero-order chi connectivity index (χ0) is 13.3. The average Bonchev–Trinajstić information content (AvgIpc) is 2.27. The molecule has 1 aromatic rings. The van der Waals surface area contributed by atoms with Crippen molar-refractivity contribution in [3.8, 4) is 0 Å². The minimum absolute atomic E-state index is 0.241. The molecule has 0 bridgehead atoms. The van der Waals surface area contributed by atoms with E-state index in [1.54, 1.807) is 6.07 Å². The van der Waals surface area contributed by atoms with Gasteiger partial charge >= 0.3 is 6.18 Å². The Kier molecular flexibility index (Phi) is 3.47. The summed E-state index contributed by atoms with van der Waals surface area (Å²) >= 11 is 0. The predicted molar refractivity (Wildman–Crippen MR) is 63.5 cm³/mol. The molecule has 1 fully saturated rings. The summed E-state index contributed by atoms with van der Waals surface area (Å²) in [7, 11) is 0. The third-order valence-electron chi connectivity index (χ3n) is 2.91. The van der Waals surface area contributed by atoms with Gasteiger partial charge in [0.1, 0.15) is 11.5 Å². The zero-order valence-corrected chi connectivity index (χ0v) is 10.3. The Bertz CT molecular complexity index is 409. The van der Waals surface area contributed by atoms with Crippen LogP contribution in [-0.4, -0.2) is 30.2 Å². The van der Waals surface area contributed by atoms with E-state index in [4.69, 9.17) is 0 Å². The number of nitrogens with zero attached hydrogens (tertiary/aromatic N) is 2. The van der Waals surface area contributed by atoms with E-state index in [1.807, 2.05) is 18.7 Å². The van der Waals surface area contributed by atoms with Crippen molar-refractivity contribution in [2.75, 3.05) is 18.0 Å². The Morgan fingerprint density at radius 3 is 2.39 bits per heavy atom. The number of piperazine rings is 1. The van der Waals surface area contributed by atoms with Gasteiger partial charge in [0.05, 0.1) is 0 Å². The molecule has 2 atom stereocenters. The highest BCUT2D eigenvalue weighted by Gasteiger charge is 2.33. The first-order valence-corrected chi connectivity index (χ1v) is 5.91. The van der Waals surface area contributed by atoms with E-state index in [-0.39, 0.29) is 12.1 Å². The fourth-order valence-electron chi connectivity index (χ4n) is 2.27. The van der Waals surface area contributed by atoms with E-state index >= 15 is 0 Å². The smallest absolute Gasteiger partial charge is 0.354 e. The first-order chi connectivity index (χ1) is 8.36. The molecule has 1 saturated heterocycles. The number of hydrogen-bond donors (Lipinski definition) is 1. The third-order valence-corrected chi connectivity index (χ3v) is 2.91. The molecule has 1 N–H and O–H groups in total. The highest BCUT2D eigenvalue weighted by molar-refractivity contribution is 5.41. The van der Waals surface area contributed by atoms with Gasteiger partial charge in [0, 0.05) is 25.2 Å². The molecule has 0 radical (unpaired) electrons. The average molecular weight is 259 g/mol. The fraction of sp³-hybridized carbons (Fsp3) is 0.583. The first kappa shape index (κ1) is 13.1. The topological polar surface area (TPSA) is 28.2 Å². The van der Waals surface area contributed by atoms with Gasteiger partial charge in [0.15, 0.2) is 0 Å². The Morgan fingerprint density at radius 1 is 1.22 bits per heavy atom. The monoisotopic (exact) mass is 259 g/mol. The van der Waals surface area contributed by atoms with Crippen molar-refractivity contribution in [2.24, 2.45) is 0 Å². The van der Waals surface area contributed by atoms with Gasteiger partial charge in [0.2, 0.25) is 0 Å². The summed E-state index contributed by atoms with van der Waals surface area (Å²) in [6.07, 6.45) is -4.39. The summed E-state index contributed by atoms with van der Waals surface area (Å²) in [6.45, 7) is 5.35. The van der Waals surface area contributed by atoms with Crippen molar-refractivity contribution in [3.05, 3.63) is 23.9 Å². The predicted octanol–water partition coefficient (Wildman–Crippen LogP) is 2.29. The number of halogens is 3. The van der Waals surface area contributed by atoms with Crippen LogP contribution < -0.4 is 10.2 Å². The molecular weight excluding hydrogens is 243 g/mol.